The van der Waals surface area contributed by atoms with E-state index in [0.29, 0.717) is 6.54 Å². The molecule has 14 heavy (non-hydrogen) atoms. The van der Waals surface area contributed by atoms with E-state index in [-0.39, 0.29) is 5.11 Å². The zero-order valence-corrected chi connectivity index (χ0v) is 9.27. The van der Waals surface area contributed by atoms with Gasteiger partial charge in [-0.2, -0.15) is 0 Å². The number of nitrogens with zero attached hydrogens (tertiary/aromatic N) is 1. The second-order valence-corrected chi connectivity index (χ2v) is 3.81. The molecule has 0 unspecified atom stereocenters. The Kier molecular flexibility index (Phi) is 3.43. The van der Waals surface area contributed by atoms with Gasteiger partial charge in [-0.25, -0.2) is 5.84 Å². The van der Waals surface area contributed by atoms with Gasteiger partial charge in [0.25, 0.3) is 0 Å². The van der Waals surface area contributed by atoms with Gasteiger partial charge in [-0.15, -0.1) is 0 Å². The summed E-state index contributed by atoms with van der Waals surface area (Å²) in [5.41, 5.74) is 8.99. The first kappa shape index (κ1) is 10.9. The van der Waals surface area contributed by atoms with Crippen LogP contribution >= 0.6 is 12.2 Å². The molecule has 0 fully saturated rings. The van der Waals surface area contributed by atoms with Gasteiger partial charge < -0.3 is 5.73 Å². The highest BCUT2D eigenvalue weighted by molar-refractivity contribution is 7.80. The average molecular weight is 209 g/mol. The minimum Gasteiger partial charge on any atom is -0.375 e. The molecule has 3 nitrogen and oxygen atoms in total. The molecule has 0 bridgehead atoms. The maximum atomic E-state index is 5.62. The lowest BCUT2D eigenvalue weighted by Crippen LogP contribution is -2.40. The first-order valence-corrected chi connectivity index (χ1v) is 4.79. The van der Waals surface area contributed by atoms with Crippen molar-refractivity contribution in [1.82, 2.24) is 5.01 Å². The molecule has 0 spiro atoms. The summed E-state index contributed by atoms with van der Waals surface area (Å²) in [7, 11) is 0. The van der Waals surface area contributed by atoms with Crippen molar-refractivity contribution in [1.29, 1.82) is 0 Å². The Morgan fingerprint density at radius 1 is 1.43 bits per heavy atom. The molecular weight excluding hydrogens is 194 g/mol. The summed E-state index contributed by atoms with van der Waals surface area (Å²) in [6.45, 7) is 4.67. The SMILES string of the molecule is Cc1ccc(CN(N)C(N)=S)c(C)c1. The zero-order valence-electron chi connectivity index (χ0n) is 8.45. The predicted molar refractivity (Wildman–Crippen MR) is 62.4 cm³/mol. The smallest absolute Gasteiger partial charge is 0.180 e. The highest BCUT2D eigenvalue weighted by Crippen LogP contribution is 2.11. The monoisotopic (exact) mass is 209 g/mol. The summed E-state index contributed by atoms with van der Waals surface area (Å²) < 4.78 is 0. The van der Waals surface area contributed by atoms with Crippen molar-refractivity contribution < 1.29 is 0 Å². The van der Waals surface area contributed by atoms with E-state index in [1.807, 2.05) is 6.07 Å². The topological polar surface area (TPSA) is 55.3 Å². The van der Waals surface area contributed by atoms with Crippen LogP contribution in [0.5, 0.6) is 0 Å². The summed E-state index contributed by atoms with van der Waals surface area (Å²) in [6.07, 6.45) is 0. The van der Waals surface area contributed by atoms with E-state index in [2.05, 4.69) is 26.0 Å². The van der Waals surface area contributed by atoms with Crippen molar-refractivity contribution in [2.45, 2.75) is 20.4 Å². The van der Waals surface area contributed by atoms with E-state index < -0.39 is 0 Å². The number of aryl methyl sites for hydroxylation is 2. The fourth-order valence-corrected chi connectivity index (χ4v) is 1.35. The second kappa shape index (κ2) is 4.39. The van der Waals surface area contributed by atoms with Crippen molar-refractivity contribution in [3.05, 3.63) is 34.9 Å². The van der Waals surface area contributed by atoms with Crippen LogP contribution in [0.1, 0.15) is 16.7 Å². The standard InChI is InChI=1S/C10H15N3S/c1-7-3-4-9(8(2)5-7)6-13(12)10(11)14/h3-5H,6,12H2,1-2H3,(H2,11,14). The number of hydrogen-bond acceptors (Lipinski definition) is 2. The molecule has 1 rings (SSSR count). The van der Waals surface area contributed by atoms with E-state index in [9.17, 15) is 0 Å². The quantitative estimate of drug-likeness (QED) is 0.437. The first-order chi connectivity index (χ1) is 6.50. The molecule has 0 saturated heterocycles. The number of hydrogen-bond donors (Lipinski definition) is 2. The summed E-state index contributed by atoms with van der Waals surface area (Å²) in [5, 5.41) is 1.58. The molecule has 0 aromatic heterocycles. The second-order valence-electron chi connectivity index (χ2n) is 3.40. The summed E-state index contributed by atoms with van der Waals surface area (Å²) in [5.74, 6) is 5.62. The van der Waals surface area contributed by atoms with Gasteiger partial charge in [0.2, 0.25) is 0 Å². The van der Waals surface area contributed by atoms with Crippen LogP contribution in [-0.4, -0.2) is 10.1 Å². The number of rotatable bonds is 2. The summed E-state index contributed by atoms with van der Waals surface area (Å²) in [6, 6.07) is 6.21. The molecule has 0 amide bonds. The lowest BCUT2D eigenvalue weighted by molar-refractivity contribution is 0.436. The molecule has 1 aromatic carbocycles. The van der Waals surface area contributed by atoms with Gasteiger partial charge in [-0.3, -0.25) is 5.01 Å². The molecule has 0 radical (unpaired) electrons. The number of nitrogens with two attached hydrogens (primary N) is 2. The third-order valence-corrected chi connectivity index (χ3v) is 2.36. The van der Waals surface area contributed by atoms with E-state index >= 15 is 0 Å². The molecule has 0 atom stereocenters. The predicted octanol–water partition coefficient (Wildman–Crippen LogP) is 1.22. The molecule has 0 aliphatic heterocycles. The largest absolute Gasteiger partial charge is 0.375 e. The van der Waals surface area contributed by atoms with Crippen LogP contribution in [0.15, 0.2) is 18.2 Å². The molecule has 1 aromatic rings. The Morgan fingerprint density at radius 3 is 2.57 bits per heavy atom. The number of hydrazine groups is 1. The van der Waals surface area contributed by atoms with E-state index in [1.165, 1.54) is 16.1 Å². The van der Waals surface area contributed by atoms with Gasteiger partial charge in [-0.1, -0.05) is 23.8 Å². The van der Waals surface area contributed by atoms with Gasteiger partial charge in [0.15, 0.2) is 5.11 Å². The van der Waals surface area contributed by atoms with Crippen molar-refractivity contribution in [2.75, 3.05) is 0 Å². The van der Waals surface area contributed by atoms with Gasteiger partial charge in [0.1, 0.15) is 0 Å². The van der Waals surface area contributed by atoms with E-state index in [0.717, 1.165) is 5.56 Å². The Labute approximate surface area is 89.7 Å². The van der Waals surface area contributed by atoms with Crippen LogP contribution in [0.4, 0.5) is 0 Å². The van der Waals surface area contributed by atoms with E-state index in [1.54, 1.807) is 0 Å². The van der Waals surface area contributed by atoms with Crippen LogP contribution < -0.4 is 11.6 Å². The maximum Gasteiger partial charge on any atom is 0.180 e. The normalized spacial score (nSPS) is 9.93. The van der Waals surface area contributed by atoms with Gasteiger partial charge >= 0.3 is 0 Å². The molecule has 76 valence electrons. The van der Waals surface area contributed by atoms with Gasteiger partial charge in [-0.05, 0) is 37.2 Å². The number of thiocarbonyl (C=S) groups is 1. The molecule has 0 aliphatic carbocycles. The van der Waals surface area contributed by atoms with Crippen LogP contribution in [-0.2, 0) is 6.54 Å². The molecule has 0 saturated carbocycles. The van der Waals surface area contributed by atoms with Crippen molar-refractivity contribution >= 4 is 17.3 Å². The Bertz CT molecular complexity index is 349. The van der Waals surface area contributed by atoms with Crippen molar-refractivity contribution in [3.63, 3.8) is 0 Å². The lowest BCUT2D eigenvalue weighted by atomic mass is 10.1. The Hall–Kier alpha value is -1.13. The minimum atomic E-state index is 0.213. The minimum absolute atomic E-state index is 0.213. The van der Waals surface area contributed by atoms with Crippen molar-refractivity contribution in [3.8, 4) is 0 Å². The summed E-state index contributed by atoms with van der Waals surface area (Å²) >= 11 is 4.77. The molecule has 0 aliphatic rings. The molecular formula is C10H15N3S. The zero-order chi connectivity index (χ0) is 10.7. The van der Waals surface area contributed by atoms with Gasteiger partial charge in [0.05, 0.1) is 6.54 Å². The van der Waals surface area contributed by atoms with E-state index in [4.69, 9.17) is 23.8 Å². The van der Waals surface area contributed by atoms with Crippen LogP contribution in [0, 0.1) is 13.8 Å². The fraction of sp³-hybridized carbons (Fsp3) is 0.300. The fourth-order valence-electron chi connectivity index (χ4n) is 1.28. The van der Waals surface area contributed by atoms with Crippen molar-refractivity contribution in [2.24, 2.45) is 11.6 Å². The average Bonchev–Trinajstić information content (AvgIpc) is 2.09. The Balaban J connectivity index is 2.82. The highest BCUT2D eigenvalue weighted by atomic mass is 32.1. The van der Waals surface area contributed by atoms with Crippen LogP contribution in [0.2, 0.25) is 0 Å². The lowest BCUT2D eigenvalue weighted by Gasteiger charge is -2.17. The first-order valence-electron chi connectivity index (χ1n) is 4.38. The third-order valence-electron chi connectivity index (χ3n) is 2.12. The van der Waals surface area contributed by atoms with Crippen LogP contribution in [0.3, 0.4) is 0 Å². The Morgan fingerprint density at radius 2 is 2.07 bits per heavy atom. The van der Waals surface area contributed by atoms with Gasteiger partial charge in [0, 0.05) is 0 Å². The van der Waals surface area contributed by atoms with Crippen LogP contribution in [0.25, 0.3) is 0 Å². The third kappa shape index (κ3) is 2.68. The molecule has 0 heterocycles. The highest BCUT2D eigenvalue weighted by Gasteiger charge is 2.04. The maximum absolute atomic E-state index is 5.62. The summed E-state index contributed by atoms with van der Waals surface area (Å²) in [4.78, 5) is 0. The molecule has 4 N–H and O–H groups in total. The number of benzene rings is 1. The molecule has 4 heteroatoms.